The minimum atomic E-state index is -0.200. The van der Waals surface area contributed by atoms with E-state index in [2.05, 4.69) is 10.6 Å². The Balaban J connectivity index is 2.02. The van der Waals surface area contributed by atoms with Gasteiger partial charge in [0.15, 0.2) is 0 Å². The molecule has 0 aliphatic heterocycles. The number of nitrogens with one attached hydrogen (secondary N) is 2. The molecule has 0 bridgehead atoms. The summed E-state index contributed by atoms with van der Waals surface area (Å²) in [5.74, 6) is 0.00166. The van der Waals surface area contributed by atoms with Crippen molar-refractivity contribution in [2.24, 2.45) is 17.6 Å². The van der Waals surface area contributed by atoms with Gasteiger partial charge in [-0.15, -0.1) is 0 Å². The third-order valence-electron chi connectivity index (χ3n) is 4.32. The Kier molecular flexibility index (Phi) is 6.42. The summed E-state index contributed by atoms with van der Waals surface area (Å²) in [5, 5.41) is 6.00. The van der Waals surface area contributed by atoms with E-state index in [0.717, 1.165) is 25.7 Å². The fraction of sp³-hybridized carbons (Fsp3) is 0.529. The Hall–Kier alpha value is -1.59. The molecule has 1 aliphatic rings. The van der Waals surface area contributed by atoms with Crippen molar-refractivity contribution < 1.29 is 9.59 Å². The molecule has 2 atom stereocenters. The van der Waals surface area contributed by atoms with E-state index < -0.39 is 0 Å². The summed E-state index contributed by atoms with van der Waals surface area (Å²) in [6.07, 6.45) is 3.78. The smallest absolute Gasteiger partial charge is 0.252 e. The number of anilines is 1. The molecule has 0 unspecified atom stereocenters. The average Bonchev–Trinajstić information content (AvgIpc) is 3.01. The van der Waals surface area contributed by atoms with Crippen LogP contribution >= 0.6 is 11.6 Å². The summed E-state index contributed by atoms with van der Waals surface area (Å²) < 4.78 is 0. The van der Waals surface area contributed by atoms with Gasteiger partial charge < -0.3 is 16.4 Å². The molecule has 4 N–H and O–H groups in total. The monoisotopic (exact) mass is 337 g/mol. The van der Waals surface area contributed by atoms with Gasteiger partial charge in [0.1, 0.15) is 0 Å². The summed E-state index contributed by atoms with van der Waals surface area (Å²) in [4.78, 5) is 24.3. The zero-order chi connectivity index (χ0) is 16.8. The van der Waals surface area contributed by atoms with Gasteiger partial charge in [-0.2, -0.15) is 0 Å². The highest BCUT2D eigenvalue weighted by molar-refractivity contribution is 6.34. The Morgan fingerprint density at radius 1 is 1.35 bits per heavy atom. The van der Waals surface area contributed by atoms with E-state index >= 15 is 0 Å². The zero-order valence-corrected chi connectivity index (χ0v) is 14.2. The van der Waals surface area contributed by atoms with Crippen molar-refractivity contribution in [3.8, 4) is 0 Å². The van der Waals surface area contributed by atoms with Crippen LogP contribution in [0.15, 0.2) is 18.2 Å². The van der Waals surface area contributed by atoms with Crippen LogP contribution in [0.1, 0.15) is 43.0 Å². The van der Waals surface area contributed by atoms with Gasteiger partial charge in [0, 0.05) is 18.2 Å². The largest absolute Gasteiger partial charge is 0.352 e. The highest BCUT2D eigenvalue weighted by Crippen LogP contribution is 2.32. The van der Waals surface area contributed by atoms with Crippen LogP contribution in [0.3, 0.4) is 0 Å². The molecule has 0 spiro atoms. The zero-order valence-electron chi connectivity index (χ0n) is 13.4. The highest BCUT2D eigenvalue weighted by atomic mass is 35.5. The van der Waals surface area contributed by atoms with Gasteiger partial charge in [0.25, 0.3) is 5.91 Å². The van der Waals surface area contributed by atoms with Gasteiger partial charge in [-0.3, -0.25) is 9.59 Å². The third kappa shape index (κ3) is 4.45. The van der Waals surface area contributed by atoms with Gasteiger partial charge in [-0.25, -0.2) is 0 Å². The normalized spacial score (nSPS) is 20.3. The molecule has 0 heterocycles. The van der Waals surface area contributed by atoms with Crippen LogP contribution in [-0.4, -0.2) is 24.9 Å². The molecule has 1 fully saturated rings. The van der Waals surface area contributed by atoms with Crippen molar-refractivity contribution in [3.63, 3.8) is 0 Å². The van der Waals surface area contributed by atoms with Crippen molar-refractivity contribution >= 4 is 29.1 Å². The van der Waals surface area contributed by atoms with Gasteiger partial charge in [0.05, 0.1) is 10.6 Å². The number of nitrogens with two attached hydrogens (primary N) is 1. The first-order valence-electron chi connectivity index (χ1n) is 8.15. The summed E-state index contributed by atoms with van der Waals surface area (Å²) in [7, 11) is 0. The van der Waals surface area contributed by atoms with Crippen LogP contribution in [0, 0.1) is 11.8 Å². The maximum Gasteiger partial charge on any atom is 0.252 e. The quantitative estimate of drug-likeness (QED) is 0.746. The topological polar surface area (TPSA) is 84.2 Å². The van der Waals surface area contributed by atoms with Crippen molar-refractivity contribution in [2.45, 2.75) is 32.6 Å². The van der Waals surface area contributed by atoms with Crippen molar-refractivity contribution in [3.05, 3.63) is 28.8 Å². The summed E-state index contributed by atoms with van der Waals surface area (Å²) in [5.41, 5.74) is 6.75. The van der Waals surface area contributed by atoms with E-state index in [4.69, 9.17) is 17.3 Å². The number of rotatable bonds is 6. The van der Waals surface area contributed by atoms with Gasteiger partial charge in [-0.05, 0) is 49.9 Å². The molecule has 1 aliphatic carbocycles. The molecular formula is C17H24ClN3O2. The van der Waals surface area contributed by atoms with Gasteiger partial charge >= 0.3 is 0 Å². The van der Waals surface area contributed by atoms with Gasteiger partial charge in [0.2, 0.25) is 5.91 Å². The number of hydrogen-bond donors (Lipinski definition) is 3. The van der Waals surface area contributed by atoms with E-state index in [1.54, 1.807) is 18.2 Å². The third-order valence-corrected chi connectivity index (χ3v) is 4.63. The Morgan fingerprint density at radius 2 is 2.13 bits per heavy atom. The molecule has 2 amide bonds. The number of halogens is 1. The summed E-state index contributed by atoms with van der Waals surface area (Å²) >= 11 is 6.17. The summed E-state index contributed by atoms with van der Waals surface area (Å²) in [6, 6.07) is 4.96. The van der Waals surface area contributed by atoms with Gasteiger partial charge in [-0.1, -0.05) is 24.9 Å². The number of amides is 2. The first-order valence-corrected chi connectivity index (χ1v) is 8.53. The maximum absolute atomic E-state index is 12.4. The molecular weight excluding hydrogens is 314 g/mol. The predicted molar refractivity (Wildman–Crippen MR) is 92.6 cm³/mol. The molecule has 0 aromatic heterocycles. The first kappa shape index (κ1) is 17.8. The molecule has 0 radical (unpaired) electrons. The molecule has 126 valence electrons. The second-order valence-corrected chi connectivity index (χ2v) is 6.38. The molecule has 2 rings (SSSR count). The standard InChI is InChI=1S/C17H24ClN3O2/c1-2-8-20-16(22)14-7-6-12(9-15(14)18)21-17(23)13-5-3-4-11(13)10-19/h6-7,9,11,13H,2-5,8,10,19H2,1H3,(H,20,22)(H,21,23)/t11-,13-/m1/s1. The van der Waals surface area contributed by atoms with Crippen LogP contribution in [0.2, 0.25) is 5.02 Å². The lowest BCUT2D eigenvalue weighted by molar-refractivity contribution is -0.120. The van der Waals surface area contributed by atoms with Crippen LogP contribution in [0.4, 0.5) is 5.69 Å². The van der Waals surface area contributed by atoms with Crippen molar-refractivity contribution in [1.29, 1.82) is 0 Å². The molecule has 1 aromatic carbocycles. The summed E-state index contributed by atoms with van der Waals surface area (Å²) in [6.45, 7) is 3.13. The minimum absolute atomic E-state index is 0.0165. The van der Waals surface area contributed by atoms with Crippen LogP contribution < -0.4 is 16.4 Å². The maximum atomic E-state index is 12.4. The highest BCUT2D eigenvalue weighted by Gasteiger charge is 2.31. The molecule has 1 saturated carbocycles. The van der Waals surface area contributed by atoms with E-state index in [0.29, 0.717) is 29.4 Å². The molecule has 0 saturated heterocycles. The average molecular weight is 338 g/mol. The lowest BCUT2D eigenvalue weighted by Crippen LogP contribution is -2.29. The number of benzene rings is 1. The van der Waals surface area contributed by atoms with Crippen LogP contribution in [0.25, 0.3) is 0 Å². The fourth-order valence-corrected chi connectivity index (χ4v) is 3.28. The van der Waals surface area contributed by atoms with Crippen molar-refractivity contribution in [2.75, 3.05) is 18.4 Å². The Morgan fingerprint density at radius 3 is 2.78 bits per heavy atom. The second kappa shape index (κ2) is 8.31. The van der Waals surface area contributed by atoms with Crippen molar-refractivity contribution in [1.82, 2.24) is 5.32 Å². The molecule has 5 nitrogen and oxygen atoms in total. The fourth-order valence-electron chi connectivity index (χ4n) is 3.01. The van der Waals surface area contributed by atoms with E-state index in [1.807, 2.05) is 6.92 Å². The SMILES string of the molecule is CCCNC(=O)c1ccc(NC(=O)[C@@H]2CCC[C@@H]2CN)cc1Cl. The predicted octanol–water partition coefficient (Wildman–Crippen LogP) is 2.79. The lowest BCUT2D eigenvalue weighted by Gasteiger charge is -2.17. The lowest BCUT2D eigenvalue weighted by atomic mass is 9.95. The second-order valence-electron chi connectivity index (χ2n) is 5.97. The Bertz CT molecular complexity index is 577. The number of carbonyl (C=O) groups excluding carboxylic acids is 2. The molecule has 23 heavy (non-hydrogen) atoms. The number of carbonyl (C=O) groups is 2. The van der Waals surface area contributed by atoms with E-state index in [9.17, 15) is 9.59 Å². The van der Waals surface area contributed by atoms with Crippen LogP contribution in [0.5, 0.6) is 0 Å². The molecule has 1 aromatic rings. The Labute approximate surface area is 142 Å². The van der Waals surface area contributed by atoms with Crippen LogP contribution in [-0.2, 0) is 4.79 Å². The number of hydrogen-bond acceptors (Lipinski definition) is 3. The minimum Gasteiger partial charge on any atom is -0.352 e. The van der Waals surface area contributed by atoms with E-state index in [1.165, 1.54) is 0 Å². The molecule has 6 heteroatoms. The first-order chi connectivity index (χ1) is 11.1. The van der Waals surface area contributed by atoms with E-state index in [-0.39, 0.29) is 23.7 Å².